The number of fused-ring (bicyclic) bond motifs is 2. The van der Waals surface area contributed by atoms with E-state index in [1.54, 1.807) is 12.3 Å². The number of benzene rings is 2. The first-order valence-electron chi connectivity index (χ1n) is 10.8. The maximum Gasteiger partial charge on any atom is 0.138 e. The maximum atomic E-state index is 13.9. The molecule has 6 rings (SSSR count). The van der Waals surface area contributed by atoms with Crippen LogP contribution in [0.4, 0.5) is 4.39 Å². The number of piperidine rings is 1. The van der Waals surface area contributed by atoms with Gasteiger partial charge >= 0.3 is 0 Å². The second-order valence-corrected chi connectivity index (χ2v) is 8.40. The molecule has 1 fully saturated rings. The minimum atomic E-state index is -0.482. The molecule has 0 bridgehead atoms. The molecule has 0 atom stereocenters. The molecule has 160 valence electrons. The predicted molar refractivity (Wildman–Crippen MR) is 123 cm³/mol. The fourth-order valence-electron chi connectivity index (χ4n) is 4.78. The number of hydrogen-bond acceptors (Lipinski definition) is 4. The number of H-pyrrole nitrogens is 2. The monoisotopic (exact) mass is 427 g/mol. The first-order chi connectivity index (χ1) is 15.7. The van der Waals surface area contributed by atoms with Crippen LogP contribution >= 0.6 is 0 Å². The molecule has 2 aromatic carbocycles. The minimum Gasteiger partial charge on any atom is -0.508 e. The first-order valence-corrected chi connectivity index (χ1v) is 10.8. The van der Waals surface area contributed by atoms with Gasteiger partial charge in [-0.25, -0.2) is 9.37 Å². The van der Waals surface area contributed by atoms with E-state index in [9.17, 15) is 9.50 Å². The van der Waals surface area contributed by atoms with Gasteiger partial charge < -0.3 is 15.4 Å². The van der Waals surface area contributed by atoms with Crippen LogP contribution in [0.5, 0.6) is 5.75 Å². The van der Waals surface area contributed by atoms with Crippen LogP contribution in [0.3, 0.4) is 0 Å². The van der Waals surface area contributed by atoms with Crippen molar-refractivity contribution in [2.45, 2.75) is 18.8 Å². The number of phenolic OH excluding ortho intramolecular Hbond substituents is 1. The van der Waals surface area contributed by atoms with Crippen LogP contribution in [0.2, 0.25) is 0 Å². The number of rotatable bonds is 3. The molecule has 4 N–H and O–H groups in total. The number of aromatic amines is 2. The Labute approximate surface area is 183 Å². The molecule has 5 aromatic rings. The molecule has 3 aromatic heterocycles. The second kappa shape index (κ2) is 7.46. The van der Waals surface area contributed by atoms with Gasteiger partial charge in [0.1, 0.15) is 22.9 Å². The molecule has 6 nitrogen and oxygen atoms in total. The summed E-state index contributed by atoms with van der Waals surface area (Å²) in [7, 11) is 0. The standard InChI is InChI=1S/C25H22FN5O/c26-17-9-16(10-18(32)12-17)19-5-8-28-25-20(19)13-23(29-25)24-21-11-15(1-2-22(21)30-31-24)14-3-6-27-7-4-14/h1-2,5,8-14,27,32H,3-4,6-7H2,(H,28,29)(H,30,31). The van der Waals surface area contributed by atoms with Gasteiger partial charge in [-0.2, -0.15) is 5.10 Å². The molecular formula is C25H22FN5O. The van der Waals surface area contributed by atoms with E-state index >= 15 is 0 Å². The number of nitrogens with zero attached hydrogens (tertiary/aromatic N) is 2. The molecular weight excluding hydrogens is 405 g/mol. The van der Waals surface area contributed by atoms with E-state index in [2.05, 4.69) is 43.7 Å². The molecule has 0 radical (unpaired) electrons. The van der Waals surface area contributed by atoms with E-state index in [0.717, 1.165) is 65.2 Å². The Bertz CT molecular complexity index is 1430. The second-order valence-electron chi connectivity index (χ2n) is 8.40. The topological polar surface area (TPSA) is 89.6 Å². The molecule has 0 amide bonds. The van der Waals surface area contributed by atoms with Crippen molar-refractivity contribution in [1.82, 2.24) is 25.5 Å². The zero-order valence-corrected chi connectivity index (χ0v) is 17.3. The predicted octanol–water partition coefficient (Wildman–Crippen LogP) is 5.08. The van der Waals surface area contributed by atoms with Gasteiger partial charge in [-0.15, -0.1) is 0 Å². The van der Waals surface area contributed by atoms with Crippen molar-refractivity contribution in [2.75, 3.05) is 13.1 Å². The number of hydrogen-bond donors (Lipinski definition) is 4. The molecule has 32 heavy (non-hydrogen) atoms. The van der Waals surface area contributed by atoms with Crippen LogP contribution in [-0.4, -0.2) is 38.4 Å². The zero-order valence-electron chi connectivity index (χ0n) is 17.3. The van der Waals surface area contributed by atoms with E-state index in [4.69, 9.17) is 0 Å². The number of aromatic hydroxyl groups is 1. The van der Waals surface area contributed by atoms with Gasteiger partial charge in [0.25, 0.3) is 0 Å². The quantitative estimate of drug-likeness (QED) is 0.323. The lowest BCUT2D eigenvalue weighted by atomic mass is 9.89. The SMILES string of the molecule is Oc1cc(F)cc(-c2ccnc3[nH]c(-c4n[nH]c5ccc(C6CCNCC6)cc45)cc23)c1. The van der Waals surface area contributed by atoms with Crippen molar-refractivity contribution in [2.24, 2.45) is 0 Å². The summed E-state index contributed by atoms with van der Waals surface area (Å²) in [5, 5.41) is 22.9. The van der Waals surface area contributed by atoms with E-state index in [0.29, 0.717) is 17.1 Å². The van der Waals surface area contributed by atoms with Crippen LogP contribution in [0.1, 0.15) is 24.3 Å². The van der Waals surface area contributed by atoms with Crippen molar-refractivity contribution in [3.05, 3.63) is 66.1 Å². The summed E-state index contributed by atoms with van der Waals surface area (Å²) in [5.41, 5.74) is 6.08. The largest absolute Gasteiger partial charge is 0.508 e. The van der Waals surface area contributed by atoms with Crippen molar-refractivity contribution >= 4 is 21.9 Å². The molecule has 1 aliphatic heterocycles. The Morgan fingerprint density at radius 2 is 1.84 bits per heavy atom. The summed E-state index contributed by atoms with van der Waals surface area (Å²) in [6.07, 6.45) is 3.95. The smallest absolute Gasteiger partial charge is 0.138 e. The summed E-state index contributed by atoms with van der Waals surface area (Å²) in [4.78, 5) is 7.83. The first kappa shape index (κ1) is 19.0. The van der Waals surface area contributed by atoms with Crippen LogP contribution in [0, 0.1) is 5.82 Å². The highest BCUT2D eigenvalue weighted by atomic mass is 19.1. The Hall–Kier alpha value is -3.71. The lowest BCUT2D eigenvalue weighted by Crippen LogP contribution is -2.26. The summed E-state index contributed by atoms with van der Waals surface area (Å²) in [6, 6.07) is 14.4. The van der Waals surface area contributed by atoms with E-state index in [1.165, 1.54) is 11.6 Å². The van der Waals surface area contributed by atoms with Crippen LogP contribution in [-0.2, 0) is 0 Å². The molecule has 1 saturated heterocycles. The lowest BCUT2D eigenvalue weighted by molar-refractivity contribution is 0.460. The van der Waals surface area contributed by atoms with Crippen LogP contribution < -0.4 is 5.32 Å². The van der Waals surface area contributed by atoms with Gasteiger partial charge in [-0.1, -0.05) is 6.07 Å². The average Bonchev–Trinajstić information content (AvgIpc) is 3.42. The number of nitrogens with one attached hydrogen (secondary N) is 3. The summed E-state index contributed by atoms with van der Waals surface area (Å²) in [5.74, 6) is -0.0334. The highest BCUT2D eigenvalue weighted by molar-refractivity contribution is 5.99. The third kappa shape index (κ3) is 3.22. The fraction of sp³-hybridized carbons (Fsp3) is 0.200. The van der Waals surface area contributed by atoms with Gasteiger partial charge in [0, 0.05) is 23.0 Å². The molecule has 4 heterocycles. The number of pyridine rings is 1. The Balaban J connectivity index is 1.47. The van der Waals surface area contributed by atoms with Gasteiger partial charge in [0.2, 0.25) is 0 Å². The van der Waals surface area contributed by atoms with Crippen molar-refractivity contribution in [3.63, 3.8) is 0 Å². The van der Waals surface area contributed by atoms with Gasteiger partial charge in [0.15, 0.2) is 0 Å². The summed E-state index contributed by atoms with van der Waals surface area (Å²) >= 11 is 0. The lowest BCUT2D eigenvalue weighted by Gasteiger charge is -2.23. The fourth-order valence-corrected chi connectivity index (χ4v) is 4.78. The number of halogens is 1. The molecule has 0 aliphatic carbocycles. The third-order valence-corrected chi connectivity index (χ3v) is 6.38. The van der Waals surface area contributed by atoms with E-state index in [-0.39, 0.29) is 5.75 Å². The highest BCUT2D eigenvalue weighted by Gasteiger charge is 2.19. The van der Waals surface area contributed by atoms with Crippen LogP contribution in [0.15, 0.2) is 54.7 Å². The van der Waals surface area contributed by atoms with Gasteiger partial charge in [0.05, 0.1) is 11.2 Å². The van der Waals surface area contributed by atoms with Crippen molar-refractivity contribution in [3.8, 4) is 28.3 Å². The minimum absolute atomic E-state index is 0.107. The molecule has 1 aliphatic rings. The molecule has 7 heteroatoms. The van der Waals surface area contributed by atoms with E-state index < -0.39 is 5.82 Å². The Morgan fingerprint density at radius 1 is 0.969 bits per heavy atom. The summed E-state index contributed by atoms with van der Waals surface area (Å²) < 4.78 is 13.9. The van der Waals surface area contributed by atoms with E-state index in [1.807, 2.05) is 12.1 Å². The average molecular weight is 427 g/mol. The Kier molecular flexibility index (Phi) is 4.43. The third-order valence-electron chi connectivity index (χ3n) is 6.38. The van der Waals surface area contributed by atoms with Crippen LogP contribution in [0.25, 0.3) is 44.5 Å². The zero-order chi connectivity index (χ0) is 21.7. The highest BCUT2D eigenvalue weighted by Crippen LogP contribution is 2.36. The van der Waals surface area contributed by atoms with Crippen molar-refractivity contribution in [1.29, 1.82) is 0 Å². The van der Waals surface area contributed by atoms with Gasteiger partial charge in [-0.3, -0.25) is 5.10 Å². The maximum absolute atomic E-state index is 13.9. The summed E-state index contributed by atoms with van der Waals surface area (Å²) in [6.45, 7) is 2.10. The Morgan fingerprint density at radius 3 is 2.69 bits per heavy atom. The normalized spacial score (nSPS) is 15.0. The molecule has 0 unspecified atom stereocenters. The molecule has 0 saturated carbocycles. The van der Waals surface area contributed by atoms with Crippen molar-refractivity contribution < 1.29 is 9.50 Å². The molecule has 0 spiro atoms. The van der Waals surface area contributed by atoms with Gasteiger partial charge in [-0.05, 0) is 84.9 Å². The number of phenols is 1. The number of aromatic nitrogens is 4.